The van der Waals surface area contributed by atoms with Crippen molar-refractivity contribution < 1.29 is 14.6 Å². The first-order chi connectivity index (χ1) is 9.69. The van der Waals surface area contributed by atoms with Crippen LogP contribution in [0.25, 0.3) is 0 Å². The van der Waals surface area contributed by atoms with Crippen LogP contribution in [0.2, 0.25) is 0 Å². The van der Waals surface area contributed by atoms with Crippen LogP contribution in [0.1, 0.15) is 20.3 Å². The zero-order chi connectivity index (χ0) is 14.8. The minimum absolute atomic E-state index is 0.0473. The van der Waals surface area contributed by atoms with Gasteiger partial charge in [-0.15, -0.1) is 0 Å². The quantitative estimate of drug-likeness (QED) is 0.723. The first kappa shape index (κ1) is 16.5. The van der Waals surface area contributed by atoms with E-state index in [1.54, 1.807) is 0 Å². The molecular formula is C15H24N2O3. The van der Waals surface area contributed by atoms with E-state index in [0.717, 1.165) is 24.5 Å². The van der Waals surface area contributed by atoms with E-state index in [4.69, 9.17) is 9.84 Å². The van der Waals surface area contributed by atoms with E-state index in [0.29, 0.717) is 19.6 Å². The van der Waals surface area contributed by atoms with Gasteiger partial charge in [0, 0.05) is 18.8 Å². The van der Waals surface area contributed by atoms with Gasteiger partial charge in [0.05, 0.1) is 13.2 Å². The Morgan fingerprint density at radius 3 is 2.55 bits per heavy atom. The predicted octanol–water partition coefficient (Wildman–Crippen LogP) is 1.73. The van der Waals surface area contributed by atoms with Gasteiger partial charge in [-0.3, -0.25) is 9.69 Å². The third-order valence-corrected chi connectivity index (χ3v) is 2.90. The van der Waals surface area contributed by atoms with E-state index < -0.39 is 0 Å². The second-order valence-electron chi connectivity index (χ2n) is 4.45. The molecule has 0 aliphatic carbocycles. The number of carbonyl (C=O) groups is 1. The highest BCUT2D eigenvalue weighted by molar-refractivity contribution is 5.92. The zero-order valence-electron chi connectivity index (χ0n) is 12.3. The van der Waals surface area contributed by atoms with Crippen molar-refractivity contribution in [3.05, 3.63) is 24.3 Å². The first-order valence-corrected chi connectivity index (χ1v) is 7.05. The largest absolute Gasteiger partial charge is 0.494 e. The number of aliphatic hydroxyl groups excluding tert-OH is 1. The molecule has 0 radical (unpaired) electrons. The summed E-state index contributed by atoms with van der Waals surface area (Å²) in [6, 6.07) is 7.32. The van der Waals surface area contributed by atoms with E-state index in [-0.39, 0.29) is 12.5 Å². The van der Waals surface area contributed by atoms with Crippen LogP contribution in [0.4, 0.5) is 5.69 Å². The molecule has 5 heteroatoms. The van der Waals surface area contributed by atoms with Crippen molar-refractivity contribution in [1.82, 2.24) is 4.90 Å². The number of rotatable bonds is 9. The molecule has 0 fully saturated rings. The van der Waals surface area contributed by atoms with Gasteiger partial charge in [0.25, 0.3) is 0 Å². The molecule has 0 spiro atoms. The summed E-state index contributed by atoms with van der Waals surface area (Å²) in [4.78, 5) is 13.9. The summed E-state index contributed by atoms with van der Waals surface area (Å²) in [5, 5.41) is 11.7. The minimum Gasteiger partial charge on any atom is -0.494 e. The lowest BCUT2D eigenvalue weighted by molar-refractivity contribution is -0.117. The summed E-state index contributed by atoms with van der Waals surface area (Å²) in [5.41, 5.74) is 0.761. The molecule has 0 atom stereocenters. The summed E-state index contributed by atoms with van der Waals surface area (Å²) < 4.78 is 5.35. The first-order valence-electron chi connectivity index (χ1n) is 7.05. The lowest BCUT2D eigenvalue weighted by Crippen LogP contribution is -2.34. The van der Waals surface area contributed by atoms with Crippen LogP contribution in [0.5, 0.6) is 5.75 Å². The van der Waals surface area contributed by atoms with Gasteiger partial charge in [-0.05, 0) is 44.2 Å². The third-order valence-electron chi connectivity index (χ3n) is 2.90. The van der Waals surface area contributed by atoms with Gasteiger partial charge in [-0.1, -0.05) is 6.92 Å². The molecule has 2 N–H and O–H groups in total. The van der Waals surface area contributed by atoms with Crippen molar-refractivity contribution in [2.75, 3.05) is 38.2 Å². The molecule has 1 amide bonds. The Kier molecular flexibility index (Phi) is 7.69. The maximum Gasteiger partial charge on any atom is 0.238 e. The Morgan fingerprint density at radius 2 is 2.00 bits per heavy atom. The number of aliphatic hydroxyl groups is 1. The monoisotopic (exact) mass is 280 g/mol. The molecule has 1 aromatic rings. The van der Waals surface area contributed by atoms with Crippen molar-refractivity contribution in [2.24, 2.45) is 0 Å². The number of amides is 1. The number of nitrogens with zero attached hydrogens (tertiary/aromatic N) is 1. The Morgan fingerprint density at radius 1 is 1.30 bits per heavy atom. The molecule has 20 heavy (non-hydrogen) atoms. The zero-order valence-corrected chi connectivity index (χ0v) is 12.3. The fraction of sp³-hybridized carbons (Fsp3) is 0.533. The number of ether oxygens (including phenoxy) is 1. The summed E-state index contributed by atoms with van der Waals surface area (Å²) in [6.45, 7) is 6.56. The second-order valence-corrected chi connectivity index (χ2v) is 4.45. The van der Waals surface area contributed by atoms with Crippen molar-refractivity contribution >= 4 is 11.6 Å². The van der Waals surface area contributed by atoms with Gasteiger partial charge in [0.2, 0.25) is 5.91 Å². The van der Waals surface area contributed by atoms with Gasteiger partial charge in [-0.2, -0.15) is 0 Å². The Hall–Kier alpha value is -1.59. The lowest BCUT2D eigenvalue weighted by atomic mass is 10.3. The predicted molar refractivity (Wildman–Crippen MR) is 80.1 cm³/mol. The molecule has 1 rings (SSSR count). The normalized spacial score (nSPS) is 10.6. The molecule has 0 aliphatic heterocycles. The van der Waals surface area contributed by atoms with Crippen LogP contribution in [0, 0.1) is 0 Å². The summed E-state index contributed by atoms with van der Waals surface area (Å²) in [6.07, 6.45) is 0.685. The SMILES string of the molecule is CCOc1ccc(NC(=O)CN(CC)CCCO)cc1. The Labute approximate surface area is 120 Å². The average Bonchev–Trinajstić information content (AvgIpc) is 2.45. The molecule has 0 saturated heterocycles. The number of hydrogen-bond acceptors (Lipinski definition) is 4. The molecule has 0 aliphatic rings. The van der Waals surface area contributed by atoms with E-state index in [1.807, 2.05) is 43.0 Å². The van der Waals surface area contributed by atoms with E-state index in [1.165, 1.54) is 0 Å². The molecule has 0 aromatic heterocycles. The highest BCUT2D eigenvalue weighted by Crippen LogP contribution is 2.15. The van der Waals surface area contributed by atoms with Crippen molar-refractivity contribution in [2.45, 2.75) is 20.3 Å². The van der Waals surface area contributed by atoms with E-state index >= 15 is 0 Å². The molecular weight excluding hydrogens is 256 g/mol. The summed E-state index contributed by atoms with van der Waals surface area (Å²) in [5.74, 6) is 0.748. The molecule has 1 aromatic carbocycles. The summed E-state index contributed by atoms with van der Waals surface area (Å²) in [7, 11) is 0. The van der Waals surface area contributed by atoms with Crippen LogP contribution >= 0.6 is 0 Å². The van der Waals surface area contributed by atoms with Gasteiger partial charge in [0.1, 0.15) is 5.75 Å². The minimum atomic E-state index is -0.0473. The number of hydrogen-bond donors (Lipinski definition) is 2. The van der Waals surface area contributed by atoms with Crippen molar-refractivity contribution in [3.63, 3.8) is 0 Å². The van der Waals surface area contributed by atoms with E-state index in [2.05, 4.69) is 5.32 Å². The van der Waals surface area contributed by atoms with Crippen molar-refractivity contribution in [1.29, 1.82) is 0 Å². The number of carbonyl (C=O) groups excluding carboxylic acids is 1. The second kappa shape index (κ2) is 9.34. The van der Waals surface area contributed by atoms with E-state index in [9.17, 15) is 4.79 Å². The lowest BCUT2D eigenvalue weighted by Gasteiger charge is -2.19. The van der Waals surface area contributed by atoms with Gasteiger partial charge >= 0.3 is 0 Å². The third kappa shape index (κ3) is 6.04. The highest BCUT2D eigenvalue weighted by atomic mass is 16.5. The van der Waals surface area contributed by atoms with Crippen LogP contribution < -0.4 is 10.1 Å². The molecule has 112 valence electrons. The molecule has 0 bridgehead atoms. The molecule has 0 unspecified atom stereocenters. The number of nitrogens with one attached hydrogen (secondary N) is 1. The van der Waals surface area contributed by atoms with Gasteiger partial charge in [0.15, 0.2) is 0 Å². The van der Waals surface area contributed by atoms with Crippen LogP contribution in [0.15, 0.2) is 24.3 Å². The standard InChI is InChI=1S/C15H24N2O3/c1-3-17(10-5-11-18)12-15(19)16-13-6-8-14(9-7-13)20-4-2/h6-9,18H,3-5,10-12H2,1-2H3,(H,16,19). The molecule has 5 nitrogen and oxygen atoms in total. The average molecular weight is 280 g/mol. The van der Waals surface area contributed by atoms with Crippen molar-refractivity contribution in [3.8, 4) is 5.75 Å². The fourth-order valence-electron chi connectivity index (χ4n) is 1.85. The topological polar surface area (TPSA) is 61.8 Å². The Balaban J connectivity index is 2.44. The maximum atomic E-state index is 11.9. The van der Waals surface area contributed by atoms with Crippen LogP contribution in [-0.2, 0) is 4.79 Å². The number of anilines is 1. The highest BCUT2D eigenvalue weighted by Gasteiger charge is 2.08. The van der Waals surface area contributed by atoms with Gasteiger partial charge in [-0.25, -0.2) is 0 Å². The number of likely N-dealkylation sites (N-methyl/N-ethyl adjacent to an activating group) is 1. The Bertz CT molecular complexity index is 393. The molecule has 0 saturated carbocycles. The van der Waals surface area contributed by atoms with Crippen LogP contribution in [0.3, 0.4) is 0 Å². The maximum absolute atomic E-state index is 11.9. The number of benzene rings is 1. The smallest absolute Gasteiger partial charge is 0.238 e. The summed E-state index contributed by atoms with van der Waals surface area (Å²) >= 11 is 0. The fourth-order valence-corrected chi connectivity index (χ4v) is 1.85. The molecule has 0 heterocycles. The van der Waals surface area contributed by atoms with Crippen LogP contribution in [-0.4, -0.2) is 48.8 Å². The van der Waals surface area contributed by atoms with Gasteiger partial charge < -0.3 is 15.2 Å².